The molecule has 6 nitrogen and oxygen atoms in total. The second-order valence-corrected chi connectivity index (χ2v) is 5.62. The van der Waals surface area contributed by atoms with Crippen molar-refractivity contribution >= 4 is 0 Å². The van der Waals surface area contributed by atoms with Crippen molar-refractivity contribution in [2.75, 3.05) is 6.54 Å². The van der Waals surface area contributed by atoms with Crippen LogP contribution in [0.1, 0.15) is 11.6 Å². The highest BCUT2D eigenvalue weighted by Gasteiger charge is 2.22. The molecule has 0 spiro atoms. The van der Waals surface area contributed by atoms with Crippen LogP contribution < -0.4 is 0 Å². The highest BCUT2D eigenvalue weighted by molar-refractivity contribution is 5.55. The number of imidazole rings is 1. The Morgan fingerprint density at radius 2 is 1.95 bits per heavy atom. The van der Waals surface area contributed by atoms with E-state index >= 15 is 0 Å². The van der Waals surface area contributed by atoms with Crippen molar-refractivity contribution in [3.05, 3.63) is 54.4 Å². The molecule has 0 N–H and O–H groups in total. The number of benzene rings is 1. The average Bonchev–Trinajstić information content (AvgIpc) is 3.15. The Morgan fingerprint density at radius 1 is 1.09 bits per heavy atom. The molecule has 4 rings (SSSR count). The van der Waals surface area contributed by atoms with Crippen LogP contribution in [0.3, 0.4) is 0 Å². The summed E-state index contributed by atoms with van der Waals surface area (Å²) in [5.41, 5.74) is 1.12. The van der Waals surface area contributed by atoms with E-state index in [2.05, 4.69) is 41.3 Å². The zero-order chi connectivity index (χ0) is 14.9. The highest BCUT2D eigenvalue weighted by atomic mass is 15.3. The molecular formula is C16H18N6. The summed E-state index contributed by atoms with van der Waals surface area (Å²) >= 11 is 0. The Bertz CT molecular complexity index is 773. The number of rotatable bonds is 3. The molecule has 0 saturated carbocycles. The third-order valence-electron chi connectivity index (χ3n) is 4.15. The second-order valence-electron chi connectivity index (χ2n) is 5.62. The van der Waals surface area contributed by atoms with Gasteiger partial charge < -0.3 is 9.13 Å². The maximum absolute atomic E-state index is 4.40. The Hall–Kier alpha value is -2.47. The molecule has 1 aliphatic heterocycles. The zero-order valence-electron chi connectivity index (χ0n) is 12.6. The van der Waals surface area contributed by atoms with Crippen molar-refractivity contribution in [2.45, 2.75) is 19.6 Å². The Balaban J connectivity index is 1.56. The molecule has 0 fully saturated rings. The fourth-order valence-corrected chi connectivity index (χ4v) is 2.89. The molecule has 0 bridgehead atoms. The molecule has 0 saturated heterocycles. The number of fused-ring (bicyclic) bond motifs is 1. The molecular weight excluding hydrogens is 276 g/mol. The lowest BCUT2D eigenvalue weighted by atomic mass is 10.2. The number of nitrogens with zero attached hydrogens (tertiary/aromatic N) is 6. The van der Waals surface area contributed by atoms with Gasteiger partial charge in [-0.3, -0.25) is 4.90 Å². The topological polar surface area (TPSA) is 51.8 Å². The van der Waals surface area contributed by atoms with Gasteiger partial charge in [0.1, 0.15) is 11.6 Å². The molecule has 1 aliphatic rings. The largest absolute Gasteiger partial charge is 0.337 e. The molecule has 1 aromatic carbocycles. The first-order valence-electron chi connectivity index (χ1n) is 7.47. The predicted molar refractivity (Wildman–Crippen MR) is 82.8 cm³/mol. The van der Waals surface area contributed by atoms with Crippen molar-refractivity contribution in [1.29, 1.82) is 0 Å². The molecule has 0 aliphatic carbocycles. The van der Waals surface area contributed by atoms with Gasteiger partial charge in [-0.15, -0.1) is 10.2 Å². The Kier molecular flexibility index (Phi) is 3.23. The second kappa shape index (κ2) is 5.38. The Labute approximate surface area is 129 Å². The van der Waals surface area contributed by atoms with Crippen LogP contribution in [0.25, 0.3) is 11.4 Å². The number of aromatic nitrogens is 5. The standard InChI is InChI=1S/C16H18N6/c1-20-8-7-17-14(20)11-21-9-10-22-15(12-21)18-19-16(22)13-5-3-2-4-6-13/h2-8H,9-12H2,1H3. The van der Waals surface area contributed by atoms with Crippen LogP contribution in [0.2, 0.25) is 0 Å². The van der Waals surface area contributed by atoms with Gasteiger partial charge in [-0.05, 0) is 0 Å². The quantitative estimate of drug-likeness (QED) is 0.738. The molecule has 6 heteroatoms. The van der Waals surface area contributed by atoms with Crippen LogP contribution in [0.15, 0.2) is 42.7 Å². The molecule has 0 amide bonds. The first-order chi connectivity index (χ1) is 10.8. The first-order valence-corrected chi connectivity index (χ1v) is 7.47. The summed E-state index contributed by atoms with van der Waals surface area (Å²) in [5.74, 6) is 3.07. The number of hydrogen-bond donors (Lipinski definition) is 0. The summed E-state index contributed by atoms with van der Waals surface area (Å²) in [5, 5.41) is 8.76. The van der Waals surface area contributed by atoms with E-state index in [4.69, 9.17) is 0 Å². The van der Waals surface area contributed by atoms with Gasteiger partial charge in [0.2, 0.25) is 0 Å². The molecule has 3 aromatic rings. The van der Waals surface area contributed by atoms with Crippen LogP contribution in [0, 0.1) is 0 Å². The summed E-state index contributed by atoms with van der Waals surface area (Å²) in [7, 11) is 2.03. The minimum Gasteiger partial charge on any atom is -0.337 e. The fraction of sp³-hybridized carbons (Fsp3) is 0.312. The normalized spacial score (nSPS) is 15.0. The van der Waals surface area contributed by atoms with E-state index in [1.165, 1.54) is 0 Å². The predicted octanol–water partition coefficient (Wildman–Crippen LogP) is 1.69. The van der Waals surface area contributed by atoms with Crippen molar-refractivity contribution < 1.29 is 0 Å². The van der Waals surface area contributed by atoms with Crippen LogP contribution in [0.5, 0.6) is 0 Å². The van der Waals surface area contributed by atoms with Gasteiger partial charge in [0.25, 0.3) is 0 Å². The van der Waals surface area contributed by atoms with Gasteiger partial charge >= 0.3 is 0 Å². The van der Waals surface area contributed by atoms with Crippen LogP contribution in [-0.4, -0.2) is 35.8 Å². The average molecular weight is 294 g/mol. The van der Waals surface area contributed by atoms with E-state index in [1.807, 2.05) is 37.6 Å². The SMILES string of the molecule is Cn1ccnc1CN1CCn2c(nnc2-c2ccccc2)C1. The van der Waals surface area contributed by atoms with E-state index < -0.39 is 0 Å². The van der Waals surface area contributed by atoms with E-state index in [-0.39, 0.29) is 0 Å². The monoisotopic (exact) mass is 294 g/mol. The molecule has 0 atom stereocenters. The van der Waals surface area contributed by atoms with Gasteiger partial charge in [-0.25, -0.2) is 4.98 Å². The van der Waals surface area contributed by atoms with Crippen molar-refractivity contribution in [2.24, 2.45) is 7.05 Å². The van der Waals surface area contributed by atoms with Gasteiger partial charge in [-0.2, -0.15) is 0 Å². The molecule has 0 radical (unpaired) electrons. The smallest absolute Gasteiger partial charge is 0.164 e. The van der Waals surface area contributed by atoms with Gasteiger partial charge in [0.15, 0.2) is 5.82 Å². The van der Waals surface area contributed by atoms with Gasteiger partial charge in [-0.1, -0.05) is 30.3 Å². The lowest BCUT2D eigenvalue weighted by Crippen LogP contribution is -2.34. The summed E-state index contributed by atoms with van der Waals surface area (Å²) in [6, 6.07) is 10.3. The van der Waals surface area contributed by atoms with Gasteiger partial charge in [0, 0.05) is 38.1 Å². The summed E-state index contributed by atoms with van der Waals surface area (Å²) in [6.45, 7) is 3.55. The Morgan fingerprint density at radius 3 is 2.73 bits per heavy atom. The summed E-state index contributed by atoms with van der Waals surface area (Å²) in [6.07, 6.45) is 3.82. The number of aryl methyl sites for hydroxylation is 1. The molecule has 0 unspecified atom stereocenters. The molecule has 112 valence electrons. The highest BCUT2D eigenvalue weighted by Crippen LogP contribution is 2.21. The maximum atomic E-state index is 4.40. The third-order valence-corrected chi connectivity index (χ3v) is 4.15. The molecule has 2 aromatic heterocycles. The molecule has 3 heterocycles. The van der Waals surface area contributed by atoms with Crippen molar-refractivity contribution in [3.63, 3.8) is 0 Å². The fourth-order valence-electron chi connectivity index (χ4n) is 2.89. The van der Waals surface area contributed by atoms with Gasteiger partial charge in [0.05, 0.1) is 13.1 Å². The van der Waals surface area contributed by atoms with Crippen LogP contribution >= 0.6 is 0 Å². The summed E-state index contributed by atoms with van der Waals surface area (Å²) < 4.78 is 4.29. The minimum absolute atomic E-state index is 0.812. The lowest BCUT2D eigenvalue weighted by molar-refractivity contribution is 0.203. The first kappa shape index (κ1) is 13.2. The van der Waals surface area contributed by atoms with Crippen LogP contribution in [0.4, 0.5) is 0 Å². The zero-order valence-corrected chi connectivity index (χ0v) is 12.6. The van der Waals surface area contributed by atoms with E-state index in [9.17, 15) is 0 Å². The number of hydrogen-bond acceptors (Lipinski definition) is 4. The maximum Gasteiger partial charge on any atom is 0.164 e. The van der Waals surface area contributed by atoms with E-state index in [0.29, 0.717) is 0 Å². The van der Waals surface area contributed by atoms with E-state index in [1.54, 1.807) is 0 Å². The third kappa shape index (κ3) is 2.31. The van der Waals surface area contributed by atoms with Crippen molar-refractivity contribution in [3.8, 4) is 11.4 Å². The molecule has 22 heavy (non-hydrogen) atoms. The van der Waals surface area contributed by atoms with Crippen LogP contribution in [-0.2, 0) is 26.7 Å². The lowest BCUT2D eigenvalue weighted by Gasteiger charge is -2.27. The summed E-state index contributed by atoms with van der Waals surface area (Å²) in [4.78, 5) is 6.76. The minimum atomic E-state index is 0.812. The van der Waals surface area contributed by atoms with Crippen molar-refractivity contribution in [1.82, 2.24) is 29.2 Å². The van der Waals surface area contributed by atoms with E-state index in [0.717, 1.165) is 49.2 Å².